The highest BCUT2D eigenvalue weighted by molar-refractivity contribution is 6.31. The van der Waals surface area contributed by atoms with Crippen LogP contribution in [0.25, 0.3) is 6.08 Å². The molecule has 0 spiro atoms. The zero-order chi connectivity index (χ0) is 32.1. The summed E-state index contributed by atoms with van der Waals surface area (Å²) in [7, 11) is 0. The van der Waals surface area contributed by atoms with E-state index in [4.69, 9.17) is 41.0 Å². The minimum Gasteiger partial charge on any atom is -0.463 e. The fourth-order valence-corrected chi connectivity index (χ4v) is 4.95. The first-order valence-corrected chi connectivity index (χ1v) is 13.8. The van der Waals surface area contributed by atoms with Crippen molar-refractivity contribution in [3.05, 3.63) is 64.7 Å². The van der Waals surface area contributed by atoms with Crippen LogP contribution in [-0.4, -0.2) is 72.9 Å². The lowest BCUT2D eigenvalue weighted by Gasteiger charge is -2.47. The van der Waals surface area contributed by atoms with Crippen LogP contribution in [0.4, 0.5) is 11.4 Å². The Hall–Kier alpha value is -4.75. The second-order valence-electron chi connectivity index (χ2n) is 9.86. The Bertz CT molecular complexity index is 1520. The Morgan fingerprint density at radius 2 is 1.48 bits per heavy atom. The number of fused-ring (bicyclic) bond motifs is 1. The van der Waals surface area contributed by atoms with E-state index >= 15 is 0 Å². The molecule has 5 atom stereocenters. The quantitative estimate of drug-likeness (QED) is 0.272. The van der Waals surface area contributed by atoms with Gasteiger partial charge in [-0.2, -0.15) is 0 Å². The van der Waals surface area contributed by atoms with Crippen molar-refractivity contribution in [1.29, 1.82) is 0 Å². The number of hydrogen-bond acceptors (Lipinski definition) is 12. The summed E-state index contributed by atoms with van der Waals surface area (Å²) in [6, 6.07) is 13.1. The summed E-state index contributed by atoms with van der Waals surface area (Å²) >= 11 is 6.03. The molecule has 2 aromatic rings. The van der Waals surface area contributed by atoms with Gasteiger partial charge in [-0.3, -0.25) is 28.9 Å². The molecule has 2 heterocycles. The SMILES string of the molecule is CC(=O)OCC1OC(N2C(=O)/C(=C\c3ccc(Cl)cc3)C(N)=Nc3ccccc32)C(OC(C)=O)C(OC(C)=O)C1OC(C)=O. The van der Waals surface area contributed by atoms with E-state index in [0.717, 1.165) is 32.6 Å². The van der Waals surface area contributed by atoms with Crippen molar-refractivity contribution in [3.63, 3.8) is 0 Å². The zero-order valence-corrected chi connectivity index (χ0v) is 25.0. The fraction of sp³-hybridized carbons (Fsp3) is 0.333. The van der Waals surface area contributed by atoms with E-state index in [1.807, 2.05) is 0 Å². The van der Waals surface area contributed by atoms with Crippen molar-refractivity contribution in [3.8, 4) is 0 Å². The number of nitrogens with two attached hydrogens (primary N) is 1. The third-order valence-electron chi connectivity index (χ3n) is 6.51. The molecule has 0 radical (unpaired) electrons. The summed E-state index contributed by atoms with van der Waals surface area (Å²) in [6.45, 7) is 4.02. The van der Waals surface area contributed by atoms with Gasteiger partial charge in [-0.05, 0) is 35.9 Å². The van der Waals surface area contributed by atoms with Gasteiger partial charge in [-0.15, -0.1) is 0 Å². The Labute approximate surface area is 257 Å². The molecule has 1 saturated heterocycles. The van der Waals surface area contributed by atoms with Crippen LogP contribution in [0, 0.1) is 0 Å². The van der Waals surface area contributed by atoms with E-state index in [0.29, 0.717) is 10.6 Å². The smallest absolute Gasteiger partial charge is 0.303 e. The van der Waals surface area contributed by atoms with Crippen LogP contribution in [0.3, 0.4) is 0 Å². The number of carbonyl (C=O) groups is 5. The molecule has 1 fully saturated rings. The summed E-state index contributed by atoms with van der Waals surface area (Å²) in [5.74, 6) is -3.92. The first kappa shape index (κ1) is 32.2. The lowest BCUT2D eigenvalue weighted by atomic mass is 9.95. The molecule has 13 nitrogen and oxygen atoms in total. The van der Waals surface area contributed by atoms with Crippen molar-refractivity contribution in [2.24, 2.45) is 10.7 Å². The number of carbonyl (C=O) groups excluding carboxylic acids is 5. The predicted molar refractivity (Wildman–Crippen MR) is 157 cm³/mol. The number of hydrogen-bond donors (Lipinski definition) is 1. The number of benzene rings is 2. The second kappa shape index (κ2) is 13.7. The van der Waals surface area contributed by atoms with Gasteiger partial charge >= 0.3 is 23.9 Å². The van der Waals surface area contributed by atoms with Crippen LogP contribution >= 0.6 is 11.6 Å². The van der Waals surface area contributed by atoms with Crippen LogP contribution in [0.15, 0.2) is 59.1 Å². The Morgan fingerprint density at radius 3 is 2.09 bits per heavy atom. The molecule has 0 aromatic heterocycles. The number of rotatable bonds is 7. The molecular weight excluding hydrogens is 598 g/mol. The number of halogens is 1. The van der Waals surface area contributed by atoms with E-state index in [1.165, 1.54) is 6.08 Å². The molecule has 2 N–H and O–H groups in total. The first-order valence-electron chi connectivity index (χ1n) is 13.4. The third-order valence-corrected chi connectivity index (χ3v) is 6.76. The zero-order valence-electron chi connectivity index (χ0n) is 24.2. The van der Waals surface area contributed by atoms with Crippen LogP contribution < -0.4 is 10.6 Å². The average Bonchev–Trinajstić information content (AvgIpc) is 3.04. The largest absolute Gasteiger partial charge is 0.463 e. The minimum absolute atomic E-state index is 0.0450. The number of aliphatic imine (C=N–C) groups is 1. The average molecular weight is 628 g/mol. The minimum atomic E-state index is -1.54. The van der Waals surface area contributed by atoms with Gasteiger partial charge < -0.3 is 29.4 Å². The molecule has 0 bridgehead atoms. The van der Waals surface area contributed by atoms with Crippen molar-refractivity contribution < 1.29 is 47.7 Å². The summed E-state index contributed by atoms with van der Waals surface area (Å²) in [4.78, 5) is 68.7. The summed E-state index contributed by atoms with van der Waals surface area (Å²) < 4.78 is 28.1. The monoisotopic (exact) mass is 627 g/mol. The normalized spacial score (nSPS) is 24.0. The van der Waals surface area contributed by atoms with E-state index in [2.05, 4.69) is 4.99 Å². The predicted octanol–water partition coefficient (Wildman–Crippen LogP) is 2.84. The number of anilines is 1. The third kappa shape index (κ3) is 7.41. The summed E-state index contributed by atoms with van der Waals surface area (Å²) in [5, 5.41) is 0.479. The van der Waals surface area contributed by atoms with Crippen molar-refractivity contribution >= 4 is 64.7 Å². The molecule has 2 aliphatic rings. The highest BCUT2D eigenvalue weighted by atomic mass is 35.5. The second-order valence-corrected chi connectivity index (χ2v) is 10.3. The molecule has 5 unspecified atom stereocenters. The number of esters is 4. The maximum atomic E-state index is 14.5. The highest BCUT2D eigenvalue weighted by Crippen LogP contribution is 2.39. The van der Waals surface area contributed by atoms with Crippen molar-refractivity contribution in [2.75, 3.05) is 11.5 Å². The Kier molecular flexibility index (Phi) is 10.0. The lowest BCUT2D eigenvalue weighted by Crippen LogP contribution is -2.67. The standard InChI is InChI=1S/C30H30ClN3O10/c1-15(35)40-14-24-25(41-16(2)36)26(42-17(3)37)27(43-18(4)38)30(44-24)34-23-8-6-5-7-22(23)33-28(32)21(29(34)39)13-19-9-11-20(31)12-10-19/h5-13,24-27,30H,14H2,1-4H3,(H2,32,33)/b21-13-. The van der Waals surface area contributed by atoms with E-state index in [-0.39, 0.29) is 22.8 Å². The van der Waals surface area contributed by atoms with Crippen LogP contribution in [-0.2, 0) is 47.7 Å². The van der Waals surface area contributed by atoms with Gasteiger partial charge in [0, 0.05) is 32.7 Å². The molecule has 4 rings (SSSR count). The highest BCUT2D eigenvalue weighted by Gasteiger charge is 2.55. The van der Waals surface area contributed by atoms with Crippen LogP contribution in [0.5, 0.6) is 0 Å². The number of amides is 1. The first-order chi connectivity index (χ1) is 20.8. The number of para-hydroxylation sites is 2. The fourth-order valence-electron chi connectivity index (χ4n) is 4.83. The maximum Gasteiger partial charge on any atom is 0.303 e. The number of ether oxygens (including phenoxy) is 5. The molecule has 2 aromatic carbocycles. The van der Waals surface area contributed by atoms with Gasteiger partial charge in [0.25, 0.3) is 5.91 Å². The molecule has 2 aliphatic heterocycles. The number of amidine groups is 1. The molecule has 0 saturated carbocycles. The van der Waals surface area contributed by atoms with Gasteiger partial charge in [-0.25, -0.2) is 4.99 Å². The van der Waals surface area contributed by atoms with E-state index in [9.17, 15) is 24.0 Å². The van der Waals surface area contributed by atoms with Gasteiger partial charge in [0.2, 0.25) is 0 Å². The van der Waals surface area contributed by atoms with Crippen molar-refractivity contribution in [2.45, 2.75) is 58.3 Å². The maximum absolute atomic E-state index is 14.5. The molecule has 232 valence electrons. The Balaban J connectivity index is 1.92. The topological polar surface area (TPSA) is 173 Å². The molecule has 14 heteroatoms. The van der Waals surface area contributed by atoms with E-state index < -0.39 is 67.0 Å². The van der Waals surface area contributed by atoms with Crippen molar-refractivity contribution in [1.82, 2.24) is 0 Å². The lowest BCUT2D eigenvalue weighted by molar-refractivity contribution is -0.251. The molecular formula is C30H30ClN3O10. The van der Waals surface area contributed by atoms with E-state index in [1.54, 1.807) is 48.5 Å². The summed E-state index contributed by atoms with van der Waals surface area (Å²) in [6.07, 6.45) is -5.75. The van der Waals surface area contributed by atoms with Crippen LogP contribution in [0.1, 0.15) is 33.3 Å². The summed E-state index contributed by atoms with van der Waals surface area (Å²) in [5.41, 5.74) is 7.35. The molecule has 1 amide bonds. The molecule has 44 heavy (non-hydrogen) atoms. The number of nitrogens with zero attached hydrogens (tertiary/aromatic N) is 2. The van der Waals surface area contributed by atoms with Crippen LogP contribution in [0.2, 0.25) is 5.02 Å². The van der Waals surface area contributed by atoms with Gasteiger partial charge in [0.05, 0.1) is 16.9 Å². The van der Waals surface area contributed by atoms with Gasteiger partial charge in [-0.1, -0.05) is 35.9 Å². The van der Waals surface area contributed by atoms with Gasteiger partial charge in [0.1, 0.15) is 18.5 Å². The Morgan fingerprint density at radius 1 is 0.886 bits per heavy atom. The van der Waals surface area contributed by atoms with Gasteiger partial charge in [0.15, 0.2) is 24.5 Å². The molecule has 0 aliphatic carbocycles.